The Morgan fingerprint density at radius 2 is 2.32 bits per heavy atom. The van der Waals surface area contributed by atoms with Crippen LogP contribution in [0.1, 0.15) is 6.92 Å². The monoisotopic (exact) mass is 282 g/mol. The smallest absolute Gasteiger partial charge is 0.427 e. The van der Waals surface area contributed by atoms with Crippen molar-refractivity contribution in [3.8, 4) is 0 Å². The van der Waals surface area contributed by atoms with Gasteiger partial charge in [-0.25, -0.2) is 15.0 Å². The first-order valence-corrected chi connectivity index (χ1v) is 5.87. The van der Waals surface area contributed by atoms with Crippen molar-refractivity contribution in [2.24, 2.45) is 0 Å². The number of rotatable bonds is 3. The third kappa shape index (κ3) is 2.51. The van der Waals surface area contributed by atoms with Crippen molar-refractivity contribution in [3.05, 3.63) is 33.7 Å². The maximum atomic E-state index is 11.5. The lowest BCUT2D eigenvalue weighted by Gasteiger charge is -2.19. The number of aromatic amines is 1. The number of hydrogen-bond donors (Lipinski definition) is 3. The van der Waals surface area contributed by atoms with Crippen LogP contribution in [0.3, 0.4) is 0 Å². The lowest BCUT2D eigenvalue weighted by atomic mass is 10.2. The van der Waals surface area contributed by atoms with E-state index in [1.807, 2.05) is 0 Å². The predicted octanol–water partition coefficient (Wildman–Crippen LogP) is 1.59. The third-order valence-corrected chi connectivity index (χ3v) is 2.73. The minimum absolute atomic E-state index is 0.00407. The number of carbonyl (C=O) groups is 1. The van der Waals surface area contributed by atoms with Crippen molar-refractivity contribution >= 4 is 34.4 Å². The second-order valence-corrected chi connectivity index (χ2v) is 4.06. The van der Waals surface area contributed by atoms with E-state index in [1.165, 1.54) is 0 Å². The van der Waals surface area contributed by atoms with E-state index >= 15 is 0 Å². The number of H-pyrrole nitrogens is 1. The van der Waals surface area contributed by atoms with Crippen LogP contribution in [0.15, 0.2) is 23.0 Å². The van der Waals surface area contributed by atoms with Gasteiger partial charge in [0.2, 0.25) is 0 Å². The first-order chi connectivity index (χ1) is 9.04. The molecule has 8 heteroatoms. The van der Waals surface area contributed by atoms with Gasteiger partial charge < -0.3 is 10.1 Å². The molecule has 19 heavy (non-hydrogen) atoms. The van der Waals surface area contributed by atoms with Gasteiger partial charge in [-0.05, 0) is 12.1 Å². The minimum atomic E-state index is -1.26. The Bertz CT molecular complexity index is 685. The molecule has 0 aliphatic heterocycles. The summed E-state index contributed by atoms with van der Waals surface area (Å²) in [6.45, 7) is 2.10. The van der Waals surface area contributed by atoms with Gasteiger partial charge in [-0.3, -0.25) is 0 Å². The van der Waals surface area contributed by atoms with Crippen molar-refractivity contribution in [3.63, 3.8) is 0 Å². The van der Waals surface area contributed by atoms with Crippen LogP contribution in [0.4, 0.5) is 10.6 Å². The molecule has 0 spiro atoms. The Balaban J connectivity index is 2.74. The largest absolute Gasteiger partial charge is 0.464 e. The molecular weight excluding hydrogens is 272 g/mol. The van der Waals surface area contributed by atoms with Gasteiger partial charge in [0.25, 0.3) is 0 Å². The van der Waals surface area contributed by atoms with E-state index in [-0.39, 0.29) is 5.82 Å². The lowest BCUT2D eigenvalue weighted by molar-refractivity contribution is 0.198. The number of hydrogen-bond acceptors (Lipinski definition) is 4. The number of halogens is 1. The normalized spacial score (nSPS) is 10.6. The molecule has 3 N–H and O–H groups in total. The summed E-state index contributed by atoms with van der Waals surface area (Å²) in [7, 11) is 0. The van der Waals surface area contributed by atoms with Gasteiger partial charge in [-0.15, -0.1) is 0 Å². The molecule has 1 aromatic heterocycles. The van der Waals surface area contributed by atoms with Crippen LogP contribution < -0.4 is 16.1 Å². The summed E-state index contributed by atoms with van der Waals surface area (Å²) >= 11 is 5.98. The number of para-hydroxylation sites is 1. The highest BCUT2D eigenvalue weighted by Crippen LogP contribution is 2.26. The molecule has 0 unspecified atom stereocenters. The maximum absolute atomic E-state index is 11.5. The maximum Gasteiger partial charge on any atom is 0.427 e. The number of aromatic nitrogens is 2. The number of benzene rings is 1. The number of nitrogens with zero attached hydrogens (tertiary/aromatic N) is 2. The quantitative estimate of drug-likeness (QED) is 0.743. The summed E-state index contributed by atoms with van der Waals surface area (Å²) in [6, 6.07) is 4.88. The van der Waals surface area contributed by atoms with E-state index in [2.05, 4.69) is 15.4 Å². The fraction of sp³-hybridized carbons (Fsp3) is 0.182. The Kier molecular flexibility index (Phi) is 3.68. The van der Waals surface area contributed by atoms with E-state index < -0.39 is 11.8 Å². The van der Waals surface area contributed by atoms with Gasteiger partial charge in [0.15, 0.2) is 5.82 Å². The van der Waals surface area contributed by atoms with Crippen molar-refractivity contribution < 1.29 is 9.90 Å². The van der Waals surface area contributed by atoms with Crippen molar-refractivity contribution in [1.82, 2.24) is 15.4 Å². The third-order valence-electron chi connectivity index (χ3n) is 2.41. The fourth-order valence-corrected chi connectivity index (χ4v) is 1.91. The molecule has 0 aliphatic carbocycles. The molecule has 0 saturated heterocycles. The fourth-order valence-electron chi connectivity index (χ4n) is 1.69. The highest BCUT2D eigenvalue weighted by atomic mass is 35.5. The zero-order valence-corrected chi connectivity index (χ0v) is 10.7. The molecule has 1 amide bonds. The number of amides is 1. The highest BCUT2D eigenvalue weighted by Gasteiger charge is 2.19. The summed E-state index contributed by atoms with van der Waals surface area (Å²) in [4.78, 5) is 28.9. The molecule has 100 valence electrons. The van der Waals surface area contributed by atoms with Gasteiger partial charge in [-0.1, -0.05) is 24.6 Å². The molecule has 1 aromatic carbocycles. The van der Waals surface area contributed by atoms with E-state index in [0.29, 0.717) is 22.5 Å². The standard InChI is InChI=1S/C11H11ClN4O3/c1-2-13-16(11(18)19)9-6-4-3-5-7(12)8(6)14-10(17)15-9/h3-5,13H,2H2,1H3,(H,18,19)(H,14,15,17). The van der Waals surface area contributed by atoms with Crippen molar-refractivity contribution in [1.29, 1.82) is 0 Å². The molecule has 0 bridgehead atoms. The molecule has 0 fully saturated rings. The molecule has 2 rings (SSSR count). The molecule has 7 nitrogen and oxygen atoms in total. The number of carboxylic acid groups (broad SMARTS) is 1. The Labute approximate surface area is 112 Å². The molecule has 0 atom stereocenters. The van der Waals surface area contributed by atoms with Gasteiger partial charge >= 0.3 is 11.8 Å². The number of hydrazine groups is 1. The molecular formula is C11H11ClN4O3. The van der Waals surface area contributed by atoms with Gasteiger partial charge in [0, 0.05) is 11.9 Å². The average molecular weight is 283 g/mol. The SMILES string of the molecule is CCNN(C(=O)O)c1nc(=O)[nH]c2c(Cl)cccc12. The summed E-state index contributed by atoms with van der Waals surface area (Å²) in [6.07, 6.45) is -1.26. The van der Waals surface area contributed by atoms with E-state index in [9.17, 15) is 9.59 Å². The highest BCUT2D eigenvalue weighted by molar-refractivity contribution is 6.35. The van der Waals surface area contributed by atoms with Crippen molar-refractivity contribution in [2.45, 2.75) is 6.92 Å². The Hall–Kier alpha value is -2.12. The van der Waals surface area contributed by atoms with Crippen LogP contribution in [-0.4, -0.2) is 27.7 Å². The van der Waals surface area contributed by atoms with Gasteiger partial charge in [0.05, 0.1) is 10.5 Å². The van der Waals surface area contributed by atoms with Crippen LogP contribution in [0.25, 0.3) is 10.9 Å². The second-order valence-electron chi connectivity index (χ2n) is 3.66. The summed E-state index contributed by atoms with van der Waals surface area (Å²) in [5.74, 6) is -0.00407. The summed E-state index contributed by atoms with van der Waals surface area (Å²) < 4.78 is 0. The first-order valence-electron chi connectivity index (χ1n) is 5.49. The van der Waals surface area contributed by atoms with E-state index in [1.54, 1.807) is 25.1 Å². The predicted molar refractivity (Wildman–Crippen MR) is 71.6 cm³/mol. The van der Waals surface area contributed by atoms with Crippen LogP contribution in [0.5, 0.6) is 0 Å². The van der Waals surface area contributed by atoms with Crippen LogP contribution >= 0.6 is 11.6 Å². The average Bonchev–Trinajstić information content (AvgIpc) is 2.36. The van der Waals surface area contributed by atoms with E-state index in [0.717, 1.165) is 5.01 Å². The summed E-state index contributed by atoms with van der Waals surface area (Å²) in [5, 5.41) is 10.7. The zero-order valence-electron chi connectivity index (χ0n) is 9.98. The number of fused-ring (bicyclic) bond motifs is 1. The van der Waals surface area contributed by atoms with Gasteiger partial charge in [-0.2, -0.15) is 9.99 Å². The Morgan fingerprint density at radius 1 is 1.58 bits per heavy atom. The molecule has 2 aromatic rings. The van der Waals surface area contributed by atoms with Crippen LogP contribution in [-0.2, 0) is 0 Å². The van der Waals surface area contributed by atoms with Crippen LogP contribution in [0.2, 0.25) is 5.02 Å². The Morgan fingerprint density at radius 3 is 2.95 bits per heavy atom. The summed E-state index contributed by atoms with van der Waals surface area (Å²) in [5.41, 5.74) is 2.30. The topological polar surface area (TPSA) is 98.3 Å². The first kappa shape index (κ1) is 13.3. The second kappa shape index (κ2) is 5.25. The lowest BCUT2D eigenvalue weighted by Crippen LogP contribution is -2.43. The number of anilines is 1. The molecule has 1 heterocycles. The zero-order chi connectivity index (χ0) is 14.0. The van der Waals surface area contributed by atoms with Crippen LogP contribution in [0, 0.1) is 0 Å². The molecule has 0 saturated carbocycles. The van der Waals surface area contributed by atoms with Gasteiger partial charge in [0.1, 0.15) is 0 Å². The number of nitrogens with one attached hydrogen (secondary N) is 2. The van der Waals surface area contributed by atoms with Crippen molar-refractivity contribution in [2.75, 3.05) is 11.6 Å². The molecule has 0 radical (unpaired) electrons. The van der Waals surface area contributed by atoms with E-state index in [4.69, 9.17) is 16.7 Å². The molecule has 0 aliphatic rings. The minimum Gasteiger partial charge on any atom is -0.464 e.